The van der Waals surface area contributed by atoms with E-state index in [0.717, 1.165) is 22.6 Å². The number of anilines is 1. The number of hydrogen-bond acceptors (Lipinski definition) is 6. The molecule has 3 aliphatic rings. The molecule has 8 nitrogen and oxygen atoms in total. The van der Waals surface area contributed by atoms with E-state index in [-0.39, 0.29) is 18.5 Å². The Morgan fingerprint density at radius 2 is 1.91 bits per heavy atom. The van der Waals surface area contributed by atoms with Gasteiger partial charge in [0.25, 0.3) is 5.91 Å². The third-order valence-corrected chi connectivity index (χ3v) is 6.40. The van der Waals surface area contributed by atoms with Gasteiger partial charge in [0.15, 0.2) is 12.2 Å². The fourth-order valence-electron chi connectivity index (χ4n) is 4.70. The molecule has 2 aromatic rings. The summed E-state index contributed by atoms with van der Waals surface area (Å²) in [5.41, 5.74) is 3.05. The van der Waals surface area contributed by atoms with Crippen molar-refractivity contribution in [3.8, 4) is 5.75 Å². The molecule has 3 amide bonds. The predicted octanol–water partition coefficient (Wildman–Crippen LogP) is 2.80. The van der Waals surface area contributed by atoms with Crippen LogP contribution in [-0.4, -0.2) is 78.6 Å². The number of amides is 3. The van der Waals surface area contributed by atoms with Crippen molar-refractivity contribution in [1.82, 2.24) is 14.7 Å². The van der Waals surface area contributed by atoms with Gasteiger partial charge in [0.05, 0.1) is 12.8 Å². The number of methoxy groups -OCH3 is 1. The summed E-state index contributed by atoms with van der Waals surface area (Å²) in [5.74, 6) is 1.25. The molecule has 0 bridgehead atoms. The molecular formula is C25H27N5O3. The first kappa shape index (κ1) is 21.1. The maximum Gasteiger partial charge on any atom is 0.328 e. The van der Waals surface area contributed by atoms with Crippen molar-refractivity contribution in [3.05, 3.63) is 65.7 Å². The van der Waals surface area contributed by atoms with E-state index in [1.807, 2.05) is 66.4 Å². The number of benzene rings is 2. The summed E-state index contributed by atoms with van der Waals surface area (Å²) in [4.78, 5) is 38.3. The van der Waals surface area contributed by atoms with Gasteiger partial charge < -0.3 is 19.4 Å². The number of aryl methyl sites for hydroxylation is 1. The molecule has 33 heavy (non-hydrogen) atoms. The molecule has 0 radical (unpaired) electrons. The minimum absolute atomic E-state index is 0.211. The summed E-state index contributed by atoms with van der Waals surface area (Å²) < 4.78 is 5.57. The van der Waals surface area contributed by atoms with E-state index in [4.69, 9.17) is 9.73 Å². The maximum atomic E-state index is 13.5. The largest absolute Gasteiger partial charge is 0.495 e. The Labute approximate surface area is 193 Å². The lowest BCUT2D eigenvalue weighted by Crippen LogP contribution is -2.64. The molecular weight excluding hydrogens is 418 g/mol. The second kappa shape index (κ2) is 8.27. The van der Waals surface area contributed by atoms with Crippen LogP contribution in [0.4, 0.5) is 10.5 Å². The number of carbonyl (C=O) groups is 2. The summed E-state index contributed by atoms with van der Waals surface area (Å²) in [7, 11) is 3.36. The van der Waals surface area contributed by atoms with E-state index in [9.17, 15) is 9.59 Å². The molecule has 0 spiro atoms. The lowest BCUT2D eigenvalue weighted by Gasteiger charge is -2.40. The first-order valence-electron chi connectivity index (χ1n) is 11.1. The Hall–Kier alpha value is -3.81. The topological polar surface area (TPSA) is 68.7 Å². The minimum atomic E-state index is -0.534. The number of carbonyl (C=O) groups excluding carboxylic acids is 2. The molecule has 2 fully saturated rings. The van der Waals surface area contributed by atoms with Crippen LogP contribution in [0, 0.1) is 6.92 Å². The molecule has 3 aliphatic heterocycles. The van der Waals surface area contributed by atoms with Crippen LogP contribution in [0.5, 0.6) is 5.75 Å². The van der Waals surface area contributed by atoms with Crippen molar-refractivity contribution in [2.24, 2.45) is 4.99 Å². The predicted molar refractivity (Wildman–Crippen MR) is 127 cm³/mol. The van der Waals surface area contributed by atoms with Crippen molar-refractivity contribution in [2.75, 3.05) is 38.7 Å². The van der Waals surface area contributed by atoms with Gasteiger partial charge in [-0.2, -0.15) is 0 Å². The molecule has 2 atom stereocenters. The van der Waals surface area contributed by atoms with Gasteiger partial charge >= 0.3 is 6.03 Å². The van der Waals surface area contributed by atoms with Crippen LogP contribution >= 0.6 is 0 Å². The zero-order chi connectivity index (χ0) is 23.1. The number of likely N-dealkylation sites (N-methyl/N-ethyl adjacent to an activating group) is 1. The number of ether oxygens (including phenoxy) is 1. The number of guanidine groups is 1. The highest BCUT2D eigenvalue weighted by atomic mass is 16.5. The van der Waals surface area contributed by atoms with Gasteiger partial charge in [0.1, 0.15) is 5.75 Å². The summed E-state index contributed by atoms with van der Waals surface area (Å²) in [5, 5.41) is 0. The van der Waals surface area contributed by atoms with E-state index in [1.165, 1.54) is 4.90 Å². The lowest BCUT2D eigenvalue weighted by molar-refractivity contribution is -0.136. The zero-order valence-electron chi connectivity index (χ0n) is 19.0. The second-order valence-electron chi connectivity index (χ2n) is 8.46. The monoisotopic (exact) mass is 445 g/mol. The molecule has 2 unspecified atom stereocenters. The maximum absolute atomic E-state index is 13.5. The van der Waals surface area contributed by atoms with E-state index >= 15 is 0 Å². The molecule has 8 heteroatoms. The summed E-state index contributed by atoms with van der Waals surface area (Å²) in [6.45, 7) is 3.60. The van der Waals surface area contributed by atoms with Gasteiger partial charge in [0.2, 0.25) is 5.96 Å². The highest BCUT2D eigenvalue weighted by Crippen LogP contribution is 2.37. The quantitative estimate of drug-likeness (QED) is 0.708. The van der Waals surface area contributed by atoms with Crippen molar-refractivity contribution >= 4 is 29.7 Å². The molecule has 3 heterocycles. The van der Waals surface area contributed by atoms with Crippen molar-refractivity contribution in [2.45, 2.75) is 19.1 Å². The molecule has 5 rings (SSSR count). The Morgan fingerprint density at radius 3 is 2.67 bits per heavy atom. The van der Waals surface area contributed by atoms with Crippen molar-refractivity contribution in [3.63, 3.8) is 0 Å². The van der Waals surface area contributed by atoms with E-state index in [2.05, 4.69) is 11.0 Å². The summed E-state index contributed by atoms with van der Waals surface area (Å²) in [6.07, 6.45) is 3.24. The Bertz CT molecular complexity index is 1150. The van der Waals surface area contributed by atoms with Crippen molar-refractivity contribution < 1.29 is 14.3 Å². The van der Waals surface area contributed by atoms with Crippen LogP contribution in [0.25, 0.3) is 6.08 Å². The van der Waals surface area contributed by atoms with Gasteiger partial charge in [-0.3, -0.25) is 9.69 Å². The fraction of sp³-hybridized carbons (Fsp3) is 0.320. The molecule has 0 aromatic heterocycles. The lowest BCUT2D eigenvalue weighted by atomic mass is 10.1. The van der Waals surface area contributed by atoms with E-state index in [1.54, 1.807) is 19.1 Å². The summed E-state index contributed by atoms with van der Waals surface area (Å²) in [6, 6.07) is 15.0. The third-order valence-electron chi connectivity index (χ3n) is 6.40. The van der Waals surface area contributed by atoms with E-state index < -0.39 is 12.2 Å². The number of urea groups is 1. The van der Waals surface area contributed by atoms with E-state index in [0.29, 0.717) is 19.0 Å². The number of rotatable bonds is 5. The average molecular weight is 446 g/mol. The highest BCUT2D eigenvalue weighted by Gasteiger charge is 2.54. The van der Waals surface area contributed by atoms with Crippen LogP contribution in [0.2, 0.25) is 0 Å². The van der Waals surface area contributed by atoms with Crippen LogP contribution in [-0.2, 0) is 4.79 Å². The number of fused-ring (bicyclic) bond motifs is 3. The highest BCUT2D eigenvalue weighted by molar-refractivity contribution is 6.08. The smallest absolute Gasteiger partial charge is 0.328 e. The number of aliphatic imine (C=N–C) groups is 1. The molecule has 170 valence electrons. The normalized spacial score (nSPS) is 22.2. The van der Waals surface area contributed by atoms with Crippen molar-refractivity contribution in [1.29, 1.82) is 0 Å². The van der Waals surface area contributed by atoms with Gasteiger partial charge in [0, 0.05) is 26.7 Å². The third kappa shape index (κ3) is 3.51. The second-order valence-corrected chi connectivity index (χ2v) is 8.46. The molecule has 0 N–H and O–H groups in total. The number of imide groups is 1. The molecule has 0 aliphatic carbocycles. The zero-order valence-corrected chi connectivity index (χ0v) is 19.0. The standard InChI is InChI=1S/C25H27N5O3/c1-17-11-12-20(33-3)19(16-17)28-14-15-29-21-22(26-24(28)29)27(2)25(32)30(23(21)31)13-7-10-18-8-5-4-6-9-18/h4-12,16,21-22H,13-15H2,1-3H3/b10-7+. The molecule has 0 saturated carbocycles. The van der Waals surface area contributed by atoms with Crippen LogP contribution in [0.1, 0.15) is 11.1 Å². The first-order valence-corrected chi connectivity index (χ1v) is 11.1. The van der Waals surface area contributed by atoms with Gasteiger partial charge in [-0.1, -0.05) is 48.6 Å². The summed E-state index contributed by atoms with van der Waals surface area (Å²) >= 11 is 0. The number of nitrogens with zero attached hydrogens (tertiary/aromatic N) is 5. The Morgan fingerprint density at radius 1 is 1.12 bits per heavy atom. The van der Waals surface area contributed by atoms with Gasteiger partial charge in [-0.05, 0) is 30.2 Å². The molecule has 2 aromatic carbocycles. The average Bonchev–Trinajstić information content (AvgIpc) is 3.40. The first-order chi connectivity index (χ1) is 16.0. The minimum Gasteiger partial charge on any atom is -0.495 e. The Kier molecular flexibility index (Phi) is 5.28. The van der Waals surface area contributed by atoms with Crippen LogP contribution < -0.4 is 9.64 Å². The SMILES string of the molecule is COc1ccc(C)cc1N1CCN2C1=NC1C2C(=O)N(C/C=C/c2ccccc2)C(=O)N1C. The molecule has 2 saturated heterocycles. The van der Waals surface area contributed by atoms with Crippen LogP contribution in [0.15, 0.2) is 59.6 Å². The van der Waals surface area contributed by atoms with Crippen LogP contribution in [0.3, 0.4) is 0 Å². The Balaban J connectivity index is 1.40. The number of hydrogen-bond donors (Lipinski definition) is 0. The fourth-order valence-corrected chi connectivity index (χ4v) is 4.70. The van der Waals surface area contributed by atoms with Gasteiger partial charge in [-0.25, -0.2) is 9.79 Å². The van der Waals surface area contributed by atoms with Gasteiger partial charge in [-0.15, -0.1) is 0 Å².